The lowest BCUT2D eigenvalue weighted by molar-refractivity contribution is -0.122. The minimum atomic E-state index is -3.90. The second-order valence-corrected chi connectivity index (χ2v) is 15.0. The molecular formula is C39H54N6O5S. The maximum atomic E-state index is 14.0. The number of nitrogens with zero attached hydrogens (tertiary/aromatic N) is 2. The van der Waals surface area contributed by atoms with Crippen molar-refractivity contribution in [3.8, 4) is 0 Å². The molecule has 1 heterocycles. The van der Waals surface area contributed by atoms with Crippen molar-refractivity contribution in [1.29, 1.82) is 0 Å². The van der Waals surface area contributed by atoms with Crippen LogP contribution in [0.2, 0.25) is 0 Å². The normalized spacial score (nSPS) is 15.8. The van der Waals surface area contributed by atoms with Gasteiger partial charge in [-0.25, -0.2) is 0 Å². The minimum Gasteiger partial charge on any atom is -0.354 e. The summed E-state index contributed by atoms with van der Waals surface area (Å²) in [6.07, 6.45) is 5.31. The molecule has 0 aromatic heterocycles. The van der Waals surface area contributed by atoms with Crippen LogP contribution in [0, 0.1) is 5.92 Å². The highest BCUT2D eigenvalue weighted by Gasteiger charge is 2.30. The van der Waals surface area contributed by atoms with Crippen LogP contribution < -0.4 is 25.6 Å². The van der Waals surface area contributed by atoms with Gasteiger partial charge in [-0.2, -0.15) is 12.7 Å². The van der Waals surface area contributed by atoms with Crippen molar-refractivity contribution >= 4 is 33.6 Å². The van der Waals surface area contributed by atoms with Gasteiger partial charge in [0.1, 0.15) is 0 Å². The Bertz CT molecular complexity index is 1680. The van der Waals surface area contributed by atoms with Crippen LogP contribution in [-0.2, 0) is 28.0 Å². The van der Waals surface area contributed by atoms with Gasteiger partial charge in [0.25, 0.3) is 11.8 Å². The molecule has 2 fully saturated rings. The predicted octanol–water partition coefficient (Wildman–Crippen LogP) is 4.66. The van der Waals surface area contributed by atoms with Crippen molar-refractivity contribution in [2.45, 2.75) is 77.9 Å². The summed E-state index contributed by atoms with van der Waals surface area (Å²) >= 11 is 0. The molecule has 2 atom stereocenters. The highest BCUT2D eigenvalue weighted by Crippen LogP contribution is 2.27. The van der Waals surface area contributed by atoms with Gasteiger partial charge in [-0.1, -0.05) is 80.9 Å². The molecule has 0 bridgehead atoms. The molecule has 1 saturated heterocycles. The smallest absolute Gasteiger partial charge is 0.303 e. The van der Waals surface area contributed by atoms with Crippen LogP contribution in [0.15, 0.2) is 78.9 Å². The maximum Gasteiger partial charge on any atom is 0.303 e. The summed E-state index contributed by atoms with van der Waals surface area (Å²) in [4.78, 5) is 40.1. The van der Waals surface area contributed by atoms with Crippen molar-refractivity contribution in [1.82, 2.24) is 25.6 Å². The highest BCUT2D eigenvalue weighted by molar-refractivity contribution is 7.90. The van der Waals surface area contributed by atoms with E-state index in [1.165, 1.54) is 29.6 Å². The third-order valence-electron chi connectivity index (χ3n) is 9.07. The number of carbonyl (C=O) groups is 3. The topological polar surface area (TPSA) is 140 Å². The zero-order valence-electron chi connectivity index (χ0n) is 30.4. The molecule has 11 nitrogen and oxygen atoms in total. The number of benzene rings is 3. The van der Waals surface area contributed by atoms with Gasteiger partial charge in [0.2, 0.25) is 5.91 Å². The monoisotopic (exact) mass is 718 g/mol. The molecule has 1 aliphatic heterocycles. The number of hydrogen-bond acceptors (Lipinski definition) is 6. The molecule has 0 spiro atoms. The lowest BCUT2D eigenvalue weighted by Gasteiger charge is -2.31. The number of nitrogens with one attached hydrogen (secondary N) is 4. The van der Waals surface area contributed by atoms with Crippen LogP contribution in [0.3, 0.4) is 0 Å². The van der Waals surface area contributed by atoms with Gasteiger partial charge >= 0.3 is 10.2 Å². The van der Waals surface area contributed by atoms with E-state index >= 15 is 0 Å². The molecule has 2 aliphatic rings. The maximum absolute atomic E-state index is 14.0. The number of rotatable bonds is 16. The van der Waals surface area contributed by atoms with Crippen molar-refractivity contribution in [3.63, 3.8) is 0 Å². The molecule has 276 valence electrons. The van der Waals surface area contributed by atoms with Gasteiger partial charge in [-0.05, 0) is 74.3 Å². The van der Waals surface area contributed by atoms with Gasteiger partial charge in [0, 0.05) is 56.9 Å². The Morgan fingerprint density at radius 2 is 1.41 bits per heavy atom. The predicted molar refractivity (Wildman–Crippen MR) is 203 cm³/mol. The fraction of sp³-hybridized carbons (Fsp3) is 0.462. The molecule has 3 aromatic carbocycles. The summed E-state index contributed by atoms with van der Waals surface area (Å²) in [6, 6.07) is 22.8. The Morgan fingerprint density at radius 1 is 0.824 bits per heavy atom. The first-order valence-electron chi connectivity index (χ1n) is 18.2. The average molecular weight is 719 g/mol. The number of carbonyl (C=O) groups excluding carboxylic acids is 3. The van der Waals surface area contributed by atoms with Gasteiger partial charge in [0.05, 0.1) is 11.7 Å². The Morgan fingerprint density at radius 3 is 2.02 bits per heavy atom. The molecule has 4 N–H and O–H groups in total. The lowest BCUT2D eigenvalue weighted by Crippen LogP contribution is -2.49. The van der Waals surface area contributed by atoms with E-state index in [-0.39, 0.29) is 29.3 Å². The van der Waals surface area contributed by atoms with Gasteiger partial charge in [0.15, 0.2) is 0 Å². The Balaban J connectivity index is 0.00000286. The summed E-state index contributed by atoms with van der Waals surface area (Å²) in [5, 5.41) is 12.2. The third kappa shape index (κ3) is 11.9. The summed E-state index contributed by atoms with van der Waals surface area (Å²) in [5.41, 5.74) is 2.43. The molecular weight excluding hydrogens is 665 g/mol. The van der Waals surface area contributed by atoms with Crippen LogP contribution in [-0.4, -0.2) is 75.8 Å². The van der Waals surface area contributed by atoms with Crippen molar-refractivity contribution in [3.05, 3.63) is 101 Å². The third-order valence-corrected chi connectivity index (χ3v) is 11.0. The molecule has 3 amide bonds. The zero-order chi connectivity index (χ0) is 36.8. The first-order valence-corrected chi connectivity index (χ1v) is 19.6. The first kappa shape index (κ1) is 39.5. The quantitative estimate of drug-likeness (QED) is 0.170. The minimum absolute atomic E-state index is 0.0894. The van der Waals surface area contributed by atoms with Crippen LogP contribution in [0.25, 0.3) is 0 Å². The first-order chi connectivity index (χ1) is 24.6. The second kappa shape index (κ2) is 19.4. The molecule has 1 aliphatic carbocycles. The summed E-state index contributed by atoms with van der Waals surface area (Å²) in [5.74, 6) is -0.418. The van der Waals surface area contributed by atoms with Gasteiger partial charge in [-0.3, -0.25) is 18.7 Å². The van der Waals surface area contributed by atoms with E-state index in [1.54, 1.807) is 6.92 Å². The highest BCUT2D eigenvalue weighted by atomic mass is 32.2. The van der Waals surface area contributed by atoms with E-state index in [9.17, 15) is 22.8 Å². The SMILES string of the molecule is CC.C[C@H](NC[C@H](Cc1ccccc1)NC(=O)c1cc(C(=O)NCc2ccccc2)cc(N(C)S(=O)(=O)N2CCCCC2)c1)C(=O)NCC1CC1. The van der Waals surface area contributed by atoms with Crippen LogP contribution in [0.4, 0.5) is 5.69 Å². The molecule has 0 radical (unpaired) electrons. The van der Waals surface area contributed by atoms with Gasteiger partial charge in [-0.15, -0.1) is 0 Å². The zero-order valence-corrected chi connectivity index (χ0v) is 31.2. The van der Waals surface area contributed by atoms with E-state index in [0.717, 1.165) is 47.5 Å². The molecule has 5 rings (SSSR count). The van der Waals surface area contributed by atoms with Crippen LogP contribution in [0.5, 0.6) is 0 Å². The number of anilines is 1. The average Bonchev–Trinajstić information content (AvgIpc) is 4.01. The lowest BCUT2D eigenvalue weighted by atomic mass is 10.0. The van der Waals surface area contributed by atoms with Crippen molar-refractivity contribution in [2.24, 2.45) is 5.92 Å². The van der Waals surface area contributed by atoms with Crippen LogP contribution in [0.1, 0.15) is 84.7 Å². The molecule has 51 heavy (non-hydrogen) atoms. The second-order valence-electron chi connectivity index (χ2n) is 13.1. The van der Waals surface area contributed by atoms with E-state index in [0.29, 0.717) is 38.5 Å². The Hall–Kier alpha value is -4.26. The number of piperidine rings is 1. The van der Waals surface area contributed by atoms with Crippen molar-refractivity contribution in [2.75, 3.05) is 37.5 Å². The Labute approximate surface area is 303 Å². The summed E-state index contributed by atoms with van der Waals surface area (Å²) in [6.45, 7) is 7.89. The number of hydrogen-bond donors (Lipinski definition) is 4. The van der Waals surface area contributed by atoms with E-state index in [4.69, 9.17) is 0 Å². The number of amides is 3. The van der Waals surface area contributed by atoms with Gasteiger partial charge < -0.3 is 21.3 Å². The summed E-state index contributed by atoms with van der Waals surface area (Å²) in [7, 11) is -2.45. The van der Waals surface area contributed by atoms with Crippen molar-refractivity contribution < 1.29 is 22.8 Å². The fourth-order valence-corrected chi connectivity index (χ4v) is 7.25. The largest absolute Gasteiger partial charge is 0.354 e. The molecule has 0 unspecified atom stereocenters. The molecule has 1 saturated carbocycles. The van der Waals surface area contributed by atoms with E-state index in [2.05, 4.69) is 21.3 Å². The molecule has 12 heteroatoms. The van der Waals surface area contributed by atoms with Crippen LogP contribution >= 0.6 is 0 Å². The van der Waals surface area contributed by atoms with E-state index in [1.807, 2.05) is 74.5 Å². The fourth-order valence-electron chi connectivity index (χ4n) is 5.81. The Kier molecular flexibility index (Phi) is 15.0. The summed E-state index contributed by atoms with van der Waals surface area (Å²) < 4.78 is 29.9. The van der Waals surface area contributed by atoms with E-state index < -0.39 is 34.1 Å². The standard InChI is InChI=1S/C37H48N6O5S.C2H6/c1-27(35(44)39-25-30-16-17-30)38-26-33(20-28-12-6-3-7-13-28)41-37(46)32-21-31(36(45)40-24-29-14-8-4-9-15-29)22-34(23-32)42(2)49(47,48)43-18-10-5-11-19-43;1-2/h3-4,6-9,12-15,21-23,27,30,33,38H,5,10-11,16-20,24-26H2,1-2H3,(H,39,44)(H,40,45)(H,41,46);1-2H3/t27-,33-;/m0./s1. The molecule has 3 aromatic rings.